The molecule has 0 unspecified atom stereocenters. The van der Waals surface area contributed by atoms with Crippen molar-refractivity contribution in [3.05, 3.63) is 0 Å². The topological polar surface area (TPSA) is 72.9 Å². The van der Waals surface area contributed by atoms with Gasteiger partial charge in [-0.3, -0.25) is 0 Å². The fraction of sp³-hybridized carbons (Fsp3) is 0.909. The van der Waals surface area contributed by atoms with E-state index in [1.165, 1.54) is 0 Å². The van der Waals surface area contributed by atoms with Crippen molar-refractivity contribution >= 4 is 16.4 Å². The van der Waals surface area contributed by atoms with Crippen LogP contribution < -0.4 is 0 Å². The molecular formula is C11H19NO5S. The number of hydrogen-bond acceptors (Lipinski definition) is 5. The summed E-state index contributed by atoms with van der Waals surface area (Å²) in [5, 5.41) is 0. The van der Waals surface area contributed by atoms with E-state index in [2.05, 4.69) is 0 Å². The number of hydrogen-bond donors (Lipinski definition) is 0. The minimum Gasteiger partial charge on any atom is -0.443 e. The fourth-order valence-electron chi connectivity index (χ4n) is 2.36. The second-order valence-electron chi connectivity index (χ2n) is 5.92. The summed E-state index contributed by atoms with van der Waals surface area (Å²) in [5.41, 5.74) is -1.44. The van der Waals surface area contributed by atoms with Crippen LogP contribution in [0, 0.1) is 0 Å². The predicted octanol–water partition coefficient (Wildman–Crippen LogP) is 1.81. The lowest BCUT2D eigenvalue weighted by molar-refractivity contribution is 0.0365. The second kappa shape index (κ2) is 4.09. The third-order valence-corrected chi connectivity index (χ3v) is 4.48. The molecular weight excluding hydrogens is 258 g/mol. The van der Waals surface area contributed by atoms with Crippen LogP contribution in [0.25, 0.3) is 0 Å². The molecule has 1 aliphatic heterocycles. The van der Waals surface area contributed by atoms with Crippen LogP contribution in [0.2, 0.25) is 0 Å². The van der Waals surface area contributed by atoms with E-state index < -0.39 is 27.6 Å². The Morgan fingerprint density at radius 1 is 1.28 bits per heavy atom. The number of nitrogens with zero attached hydrogens (tertiary/aromatic N) is 1. The zero-order valence-corrected chi connectivity index (χ0v) is 11.7. The summed E-state index contributed by atoms with van der Waals surface area (Å²) in [4.78, 5) is 11.9. The summed E-state index contributed by atoms with van der Waals surface area (Å²) in [7, 11) is -3.99. The molecule has 1 saturated heterocycles. The molecule has 1 aliphatic carbocycles. The number of carbonyl (C=O) groups is 1. The van der Waals surface area contributed by atoms with Crippen LogP contribution in [0.5, 0.6) is 0 Å². The van der Waals surface area contributed by atoms with Gasteiger partial charge in [-0.2, -0.15) is 12.7 Å². The van der Waals surface area contributed by atoms with Gasteiger partial charge in [-0.1, -0.05) is 12.8 Å². The molecule has 2 aliphatic rings. The van der Waals surface area contributed by atoms with Crippen LogP contribution in [0.1, 0.15) is 46.5 Å². The molecule has 1 saturated carbocycles. The molecule has 0 bridgehead atoms. The molecule has 6 nitrogen and oxygen atoms in total. The molecule has 0 aromatic carbocycles. The van der Waals surface area contributed by atoms with Gasteiger partial charge in [-0.05, 0) is 33.6 Å². The lowest BCUT2D eigenvalue weighted by Gasteiger charge is -2.23. The highest BCUT2D eigenvalue weighted by atomic mass is 32.2. The van der Waals surface area contributed by atoms with E-state index in [4.69, 9.17) is 8.92 Å². The largest absolute Gasteiger partial charge is 0.443 e. The highest BCUT2D eigenvalue weighted by Gasteiger charge is 2.53. The maximum atomic E-state index is 11.9. The van der Waals surface area contributed by atoms with Gasteiger partial charge in [0.2, 0.25) is 0 Å². The number of amides is 1. The lowest BCUT2D eigenvalue weighted by Crippen LogP contribution is -2.39. The van der Waals surface area contributed by atoms with Gasteiger partial charge in [-0.15, -0.1) is 0 Å². The van der Waals surface area contributed by atoms with Crippen molar-refractivity contribution in [3.63, 3.8) is 0 Å². The van der Waals surface area contributed by atoms with Crippen LogP contribution >= 0.6 is 0 Å². The van der Waals surface area contributed by atoms with Crippen molar-refractivity contribution in [3.8, 4) is 0 Å². The van der Waals surface area contributed by atoms with E-state index in [-0.39, 0.29) is 6.54 Å². The van der Waals surface area contributed by atoms with E-state index >= 15 is 0 Å². The molecule has 0 atom stereocenters. The first-order chi connectivity index (χ1) is 8.14. The zero-order chi connectivity index (χ0) is 13.6. The number of carbonyl (C=O) groups excluding carboxylic acids is 1. The average molecular weight is 277 g/mol. The maximum absolute atomic E-state index is 11.9. The molecule has 104 valence electrons. The SMILES string of the molecule is CC(C)(C)OC(=O)N1CC2(CCCC2)OS1(=O)=O. The Kier molecular flexibility index (Phi) is 3.09. The first-order valence-electron chi connectivity index (χ1n) is 6.10. The molecule has 0 aromatic heterocycles. The molecule has 0 radical (unpaired) electrons. The van der Waals surface area contributed by atoms with Gasteiger partial charge in [0.1, 0.15) is 11.2 Å². The van der Waals surface area contributed by atoms with Crippen LogP contribution in [0.15, 0.2) is 0 Å². The third-order valence-electron chi connectivity index (χ3n) is 3.10. The Labute approximate surface area is 107 Å². The van der Waals surface area contributed by atoms with E-state index in [0.29, 0.717) is 17.1 Å². The minimum atomic E-state index is -3.99. The van der Waals surface area contributed by atoms with Gasteiger partial charge in [0.15, 0.2) is 0 Å². The Hall–Kier alpha value is -0.820. The van der Waals surface area contributed by atoms with Crippen molar-refractivity contribution in [1.29, 1.82) is 0 Å². The van der Waals surface area contributed by atoms with Crippen molar-refractivity contribution < 1.29 is 22.1 Å². The van der Waals surface area contributed by atoms with Crippen molar-refractivity contribution in [2.45, 2.75) is 57.7 Å². The highest BCUT2D eigenvalue weighted by molar-refractivity contribution is 7.85. The Morgan fingerprint density at radius 3 is 2.33 bits per heavy atom. The van der Waals surface area contributed by atoms with E-state index in [1.807, 2.05) is 0 Å². The first-order valence-corrected chi connectivity index (χ1v) is 7.46. The first kappa shape index (κ1) is 13.6. The normalized spacial score (nSPS) is 25.6. The Balaban J connectivity index is 2.16. The van der Waals surface area contributed by atoms with Crippen LogP contribution in [0.4, 0.5) is 4.79 Å². The molecule has 2 rings (SSSR count). The zero-order valence-electron chi connectivity index (χ0n) is 10.9. The van der Waals surface area contributed by atoms with Gasteiger partial charge < -0.3 is 4.74 Å². The van der Waals surface area contributed by atoms with E-state index in [9.17, 15) is 13.2 Å². The van der Waals surface area contributed by atoms with Crippen molar-refractivity contribution in [2.24, 2.45) is 0 Å². The standard InChI is InChI=1S/C11H19NO5S/c1-10(2,3)16-9(13)12-8-11(6-4-5-7-11)17-18(12,14)15/h4-8H2,1-3H3. The molecule has 0 aromatic rings. The van der Waals surface area contributed by atoms with Gasteiger partial charge >= 0.3 is 16.4 Å². The van der Waals surface area contributed by atoms with Crippen LogP contribution in [-0.2, 0) is 19.2 Å². The predicted molar refractivity (Wildman–Crippen MR) is 64.1 cm³/mol. The summed E-state index contributed by atoms with van der Waals surface area (Å²) in [6, 6.07) is 0. The molecule has 2 fully saturated rings. The van der Waals surface area contributed by atoms with Crippen molar-refractivity contribution in [1.82, 2.24) is 4.31 Å². The second-order valence-corrected chi connectivity index (χ2v) is 7.38. The Morgan fingerprint density at radius 2 is 1.83 bits per heavy atom. The van der Waals surface area contributed by atoms with E-state index in [1.54, 1.807) is 20.8 Å². The fourth-order valence-corrected chi connectivity index (χ4v) is 3.73. The monoisotopic (exact) mass is 277 g/mol. The summed E-state index contributed by atoms with van der Waals surface area (Å²) in [5.74, 6) is 0. The average Bonchev–Trinajstić information content (AvgIpc) is 2.69. The maximum Gasteiger partial charge on any atom is 0.425 e. The molecule has 1 spiro atoms. The molecule has 0 N–H and O–H groups in total. The van der Waals surface area contributed by atoms with Gasteiger partial charge in [0, 0.05) is 0 Å². The number of rotatable bonds is 0. The third kappa shape index (κ3) is 2.61. The number of ether oxygens (including phenoxy) is 1. The van der Waals surface area contributed by atoms with Gasteiger partial charge in [0.05, 0.1) is 6.54 Å². The van der Waals surface area contributed by atoms with Crippen LogP contribution in [-0.4, -0.2) is 36.6 Å². The van der Waals surface area contributed by atoms with Crippen LogP contribution in [0.3, 0.4) is 0 Å². The van der Waals surface area contributed by atoms with Crippen molar-refractivity contribution in [2.75, 3.05) is 6.54 Å². The molecule has 18 heavy (non-hydrogen) atoms. The summed E-state index contributed by atoms with van der Waals surface area (Å²) < 4.78 is 34.6. The van der Waals surface area contributed by atoms with E-state index in [0.717, 1.165) is 12.8 Å². The summed E-state index contributed by atoms with van der Waals surface area (Å²) in [6.07, 6.45) is 2.35. The van der Waals surface area contributed by atoms with Gasteiger partial charge in [-0.25, -0.2) is 8.98 Å². The Bertz CT molecular complexity index is 445. The molecule has 7 heteroatoms. The summed E-state index contributed by atoms with van der Waals surface area (Å²) in [6.45, 7) is 5.16. The summed E-state index contributed by atoms with van der Waals surface area (Å²) >= 11 is 0. The smallest absolute Gasteiger partial charge is 0.425 e. The lowest BCUT2D eigenvalue weighted by atomic mass is 10.0. The highest BCUT2D eigenvalue weighted by Crippen LogP contribution is 2.41. The molecule has 1 amide bonds. The van der Waals surface area contributed by atoms with Gasteiger partial charge in [0.25, 0.3) is 0 Å². The molecule has 1 heterocycles. The minimum absolute atomic E-state index is 0.0737. The quantitative estimate of drug-likeness (QED) is 0.675.